The van der Waals surface area contributed by atoms with Gasteiger partial charge < -0.3 is 21.5 Å². The maximum Gasteiger partial charge on any atom is 0.252 e. The van der Waals surface area contributed by atoms with Crippen LogP contribution in [0.1, 0.15) is 34.6 Å². The van der Waals surface area contributed by atoms with Crippen LogP contribution in [0.25, 0.3) is 11.3 Å². The van der Waals surface area contributed by atoms with Crippen molar-refractivity contribution >= 4 is 23.5 Å². The number of nitrogens with zero attached hydrogens (tertiary/aromatic N) is 2. The number of nitrogens with two attached hydrogens (primary N) is 2. The van der Waals surface area contributed by atoms with Crippen LogP contribution < -0.4 is 21.5 Å². The Morgan fingerprint density at radius 2 is 1.83 bits per heavy atom. The number of hydrogen-bond donors (Lipinski definition) is 3. The fraction of sp³-hybridized carbons (Fsp3) is 0.143. The molecular formula is C21H21N5O3. The summed E-state index contributed by atoms with van der Waals surface area (Å²) in [7, 11) is 0. The lowest BCUT2D eigenvalue weighted by Crippen LogP contribution is -2.15. The molecule has 1 aromatic heterocycles. The molecule has 0 radical (unpaired) electrons. The molecule has 3 aromatic rings. The molecule has 5 N–H and O–H groups in total. The second-order valence-electron chi connectivity index (χ2n) is 6.58. The molecule has 0 saturated carbocycles. The molecule has 2 aromatic carbocycles. The molecule has 3 rings (SSSR count). The maximum atomic E-state index is 11.8. The molecule has 0 bridgehead atoms. The molecule has 1 heterocycles. The Labute approximate surface area is 167 Å². The van der Waals surface area contributed by atoms with E-state index in [1.165, 1.54) is 0 Å². The highest BCUT2D eigenvalue weighted by molar-refractivity contribution is 5.97. The molecule has 2 amide bonds. The van der Waals surface area contributed by atoms with Crippen LogP contribution in [0.4, 0.5) is 11.6 Å². The third-order valence-corrected chi connectivity index (χ3v) is 3.96. The van der Waals surface area contributed by atoms with E-state index in [1.54, 1.807) is 54.7 Å². The predicted octanol–water partition coefficient (Wildman–Crippen LogP) is 2.87. The highest BCUT2D eigenvalue weighted by Crippen LogP contribution is 2.27. The zero-order valence-corrected chi connectivity index (χ0v) is 16.0. The van der Waals surface area contributed by atoms with Crippen LogP contribution in [0.2, 0.25) is 0 Å². The van der Waals surface area contributed by atoms with Gasteiger partial charge in [-0.25, -0.2) is 9.97 Å². The average Bonchev–Trinajstić information content (AvgIpc) is 2.68. The van der Waals surface area contributed by atoms with E-state index in [0.29, 0.717) is 34.2 Å². The van der Waals surface area contributed by atoms with Gasteiger partial charge in [0.05, 0.1) is 17.4 Å². The Hall–Kier alpha value is -3.94. The van der Waals surface area contributed by atoms with Crippen LogP contribution >= 0.6 is 0 Å². The van der Waals surface area contributed by atoms with Crippen molar-refractivity contribution in [1.29, 1.82) is 0 Å². The maximum absolute atomic E-state index is 11.8. The third kappa shape index (κ3) is 4.86. The van der Waals surface area contributed by atoms with Crippen molar-refractivity contribution in [3.8, 4) is 17.0 Å². The monoisotopic (exact) mass is 391 g/mol. The van der Waals surface area contributed by atoms with E-state index in [4.69, 9.17) is 16.2 Å². The van der Waals surface area contributed by atoms with Crippen molar-refractivity contribution < 1.29 is 14.3 Å². The van der Waals surface area contributed by atoms with E-state index >= 15 is 0 Å². The van der Waals surface area contributed by atoms with E-state index in [9.17, 15) is 9.59 Å². The topological polar surface area (TPSA) is 133 Å². The van der Waals surface area contributed by atoms with Gasteiger partial charge in [-0.3, -0.25) is 9.59 Å². The molecule has 0 aliphatic heterocycles. The number of rotatable bonds is 7. The van der Waals surface area contributed by atoms with Crippen LogP contribution in [-0.4, -0.2) is 27.9 Å². The summed E-state index contributed by atoms with van der Waals surface area (Å²) >= 11 is 0. The number of aromatic nitrogens is 2. The zero-order valence-electron chi connectivity index (χ0n) is 16.0. The summed E-state index contributed by atoms with van der Waals surface area (Å²) in [5, 5.41) is 3.04. The first-order valence-electron chi connectivity index (χ1n) is 8.94. The van der Waals surface area contributed by atoms with Gasteiger partial charge in [0, 0.05) is 23.0 Å². The number of carbonyl (C=O) groups excluding carboxylic acids is 2. The van der Waals surface area contributed by atoms with Gasteiger partial charge in [-0.1, -0.05) is 6.07 Å². The van der Waals surface area contributed by atoms with Gasteiger partial charge in [0.2, 0.25) is 11.9 Å². The number of amides is 2. The summed E-state index contributed by atoms with van der Waals surface area (Å²) < 4.78 is 5.65. The number of ether oxygens (including phenoxy) is 1. The summed E-state index contributed by atoms with van der Waals surface area (Å²) in [4.78, 5) is 31.8. The number of primary amides is 2. The van der Waals surface area contributed by atoms with Crippen LogP contribution in [-0.2, 0) is 0 Å². The van der Waals surface area contributed by atoms with Gasteiger partial charge in [-0.15, -0.1) is 0 Å². The number of anilines is 2. The van der Waals surface area contributed by atoms with Crippen molar-refractivity contribution in [3.63, 3.8) is 0 Å². The van der Waals surface area contributed by atoms with Gasteiger partial charge in [0.15, 0.2) is 0 Å². The van der Waals surface area contributed by atoms with Crippen LogP contribution in [0.3, 0.4) is 0 Å². The first kappa shape index (κ1) is 19.8. The Morgan fingerprint density at radius 1 is 1.03 bits per heavy atom. The predicted molar refractivity (Wildman–Crippen MR) is 110 cm³/mol. The van der Waals surface area contributed by atoms with Crippen molar-refractivity contribution in [3.05, 3.63) is 65.9 Å². The van der Waals surface area contributed by atoms with E-state index in [2.05, 4.69) is 15.3 Å². The lowest BCUT2D eigenvalue weighted by Gasteiger charge is -2.14. The number of benzene rings is 2. The Balaban J connectivity index is 1.91. The summed E-state index contributed by atoms with van der Waals surface area (Å²) in [5.74, 6) is -0.358. The van der Waals surface area contributed by atoms with Gasteiger partial charge in [0.25, 0.3) is 5.91 Å². The largest absolute Gasteiger partial charge is 0.490 e. The first-order chi connectivity index (χ1) is 13.8. The van der Waals surface area contributed by atoms with Crippen LogP contribution in [0.5, 0.6) is 5.75 Å². The number of hydrogen-bond acceptors (Lipinski definition) is 6. The van der Waals surface area contributed by atoms with Gasteiger partial charge in [-0.2, -0.15) is 0 Å². The highest BCUT2D eigenvalue weighted by Gasteiger charge is 2.14. The van der Waals surface area contributed by atoms with Gasteiger partial charge in [0.1, 0.15) is 5.75 Å². The molecule has 0 fully saturated rings. The number of carbonyl (C=O) groups is 2. The molecular weight excluding hydrogens is 370 g/mol. The Kier molecular flexibility index (Phi) is 5.73. The van der Waals surface area contributed by atoms with Crippen LogP contribution in [0, 0.1) is 0 Å². The van der Waals surface area contributed by atoms with E-state index in [-0.39, 0.29) is 11.7 Å². The van der Waals surface area contributed by atoms with Crippen molar-refractivity contribution in [2.45, 2.75) is 20.0 Å². The minimum absolute atomic E-state index is 0.0926. The third-order valence-electron chi connectivity index (χ3n) is 3.96. The molecule has 0 aliphatic carbocycles. The van der Waals surface area contributed by atoms with E-state index in [0.717, 1.165) is 0 Å². The molecule has 148 valence electrons. The Morgan fingerprint density at radius 3 is 2.52 bits per heavy atom. The molecule has 0 saturated heterocycles. The molecule has 0 spiro atoms. The summed E-state index contributed by atoms with van der Waals surface area (Å²) in [6.07, 6.45) is 1.50. The summed E-state index contributed by atoms with van der Waals surface area (Å²) in [5.41, 5.74) is 13.4. The average molecular weight is 391 g/mol. The SMILES string of the molecule is CC(C)Oc1ccc(-c2ccnc(Nc3cccc(C(N)=O)c3)n2)cc1C(N)=O. The van der Waals surface area contributed by atoms with Gasteiger partial charge in [-0.05, 0) is 56.3 Å². The fourth-order valence-electron chi connectivity index (χ4n) is 2.70. The van der Waals surface area contributed by atoms with Gasteiger partial charge >= 0.3 is 0 Å². The Bertz CT molecular complexity index is 1070. The lowest BCUT2D eigenvalue weighted by atomic mass is 10.1. The number of nitrogens with one attached hydrogen (secondary N) is 1. The zero-order chi connectivity index (χ0) is 21.0. The van der Waals surface area contributed by atoms with Crippen molar-refractivity contribution in [1.82, 2.24) is 9.97 Å². The summed E-state index contributed by atoms with van der Waals surface area (Å²) in [6, 6.07) is 13.6. The van der Waals surface area contributed by atoms with E-state index < -0.39 is 11.8 Å². The first-order valence-corrected chi connectivity index (χ1v) is 8.94. The summed E-state index contributed by atoms with van der Waals surface area (Å²) in [6.45, 7) is 3.74. The normalized spacial score (nSPS) is 10.6. The molecule has 0 unspecified atom stereocenters. The quantitative estimate of drug-likeness (QED) is 0.567. The molecule has 29 heavy (non-hydrogen) atoms. The highest BCUT2D eigenvalue weighted by atomic mass is 16.5. The second-order valence-corrected chi connectivity index (χ2v) is 6.58. The van der Waals surface area contributed by atoms with Crippen LogP contribution in [0.15, 0.2) is 54.7 Å². The molecule has 8 heteroatoms. The lowest BCUT2D eigenvalue weighted by molar-refractivity contribution is 0.0988. The second kappa shape index (κ2) is 8.39. The minimum Gasteiger partial charge on any atom is -0.490 e. The van der Waals surface area contributed by atoms with Crippen molar-refractivity contribution in [2.24, 2.45) is 11.5 Å². The van der Waals surface area contributed by atoms with E-state index in [1.807, 2.05) is 13.8 Å². The minimum atomic E-state index is -0.585. The molecule has 0 atom stereocenters. The standard InChI is InChI=1S/C21H21N5O3/c1-12(2)29-18-7-6-13(11-16(18)20(23)28)17-8-9-24-21(26-17)25-15-5-3-4-14(10-15)19(22)27/h3-12H,1-2H3,(H2,22,27)(H2,23,28)(H,24,25,26). The fourth-order valence-corrected chi connectivity index (χ4v) is 2.70. The smallest absolute Gasteiger partial charge is 0.252 e. The molecule has 0 aliphatic rings. The van der Waals surface area contributed by atoms with Crippen molar-refractivity contribution in [2.75, 3.05) is 5.32 Å². The molecule has 8 nitrogen and oxygen atoms in total.